The second-order valence-electron chi connectivity index (χ2n) is 8.63. The number of benzene rings is 1. The van der Waals surface area contributed by atoms with Gasteiger partial charge in [0.1, 0.15) is 0 Å². The lowest BCUT2D eigenvalue weighted by atomic mass is 9.71. The fraction of sp³-hybridized carbons (Fsp3) is 0.545. The molecule has 0 bridgehead atoms. The molecule has 5 rings (SSSR count). The average molecular weight is 398 g/mol. The Balaban J connectivity index is 1.28. The Kier molecular flexibility index (Phi) is 4.73. The highest BCUT2D eigenvalue weighted by Gasteiger charge is 2.52. The number of rotatable bonds is 6. The lowest BCUT2D eigenvalue weighted by Crippen LogP contribution is -2.66. The van der Waals surface area contributed by atoms with Gasteiger partial charge < -0.3 is 10.1 Å². The maximum absolute atomic E-state index is 13.4. The summed E-state index contributed by atoms with van der Waals surface area (Å²) in [6.45, 7) is 5.41. The summed E-state index contributed by atoms with van der Waals surface area (Å²) in [5, 5.41) is 3.39. The first-order chi connectivity index (χ1) is 13.6. The maximum atomic E-state index is 13.4. The van der Waals surface area contributed by atoms with E-state index in [2.05, 4.69) is 46.4 Å². The van der Waals surface area contributed by atoms with E-state index in [9.17, 15) is 4.79 Å². The van der Waals surface area contributed by atoms with E-state index < -0.39 is 0 Å². The molecule has 3 aliphatic rings. The van der Waals surface area contributed by atoms with E-state index >= 15 is 0 Å². The van der Waals surface area contributed by atoms with Crippen molar-refractivity contribution in [3.63, 3.8) is 0 Å². The van der Waals surface area contributed by atoms with Crippen LogP contribution in [0.2, 0.25) is 0 Å². The predicted molar refractivity (Wildman–Crippen MR) is 109 cm³/mol. The molecule has 1 aromatic heterocycles. The number of aryl methyl sites for hydroxylation is 1. The zero-order valence-electron chi connectivity index (χ0n) is 16.3. The van der Waals surface area contributed by atoms with Gasteiger partial charge in [-0.2, -0.15) is 0 Å². The van der Waals surface area contributed by atoms with Crippen molar-refractivity contribution in [1.29, 1.82) is 0 Å². The minimum absolute atomic E-state index is 0.226. The van der Waals surface area contributed by atoms with Crippen LogP contribution in [0.4, 0.5) is 0 Å². The van der Waals surface area contributed by atoms with E-state index in [0.29, 0.717) is 18.1 Å². The summed E-state index contributed by atoms with van der Waals surface area (Å²) in [4.78, 5) is 21.4. The number of likely N-dealkylation sites (tertiary alicyclic amines) is 1. The van der Waals surface area contributed by atoms with E-state index in [1.165, 1.54) is 10.4 Å². The topological polar surface area (TPSA) is 54.5 Å². The third-order valence-electron chi connectivity index (χ3n) is 6.71. The van der Waals surface area contributed by atoms with Crippen molar-refractivity contribution in [2.24, 2.45) is 11.3 Å². The molecule has 0 unspecified atom stereocenters. The second kappa shape index (κ2) is 7.25. The number of carbonyl (C=O) groups is 1. The molecule has 1 N–H and O–H groups in total. The largest absolute Gasteiger partial charge is 0.378 e. The number of amides is 1. The zero-order chi connectivity index (χ0) is 19.1. The number of nitrogens with one attached hydrogen (secondary N) is 1. The van der Waals surface area contributed by atoms with Crippen molar-refractivity contribution >= 4 is 17.2 Å². The molecule has 2 saturated heterocycles. The van der Waals surface area contributed by atoms with E-state index in [1.807, 2.05) is 11.6 Å². The first-order valence-electron chi connectivity index (χ1n) is 10.2. The highest BCUT2D eigenvalue weighted by Crippen LogP contribution is 2.41. The van der Waals surface area contributed by atoms with E-state index in [4.69, 9.17) is 4.74 Å². The Hall–Kier alpha value is -1.76. The van der Waals surface area contributed by atoms with Gasteiger partial charge in [0.2, 0.25) is 5.91 Å². The molecule has 1 aromatic carbocycles. The number of hydrogen-bond donors (Lipinski definition) is 1. The quantitative estimate of drug-likeness (QED) is 0.814. The van der Waals surface area contributed by atoms with Crippen molar-refractivity contribution in [3.8, 4) is 0 Å². The zero-order valence-corrected chi connectivity index (χ0v) is 17.1. The Morgan fingerprint density at radius 1 is 1.36 bits per heavy atom. The Labute approximate surface area is 170 Å². The standard InChI is InChI=1S/C22H27N3O2S/c1-15-20(28-14-23-15)11-25-12-22(13-25,10-16-5-3-2-4-6-16)21(26)24-18-9-19-17(18)7-8-27-19/h2-6,14,17-19H,7-13H2,1H3,(H,24,26)/t17-,18+,19+/m0/s1. The van der Waals surface area contributed by atoms with Crippen LogP contribution < -0.4 is 5.32 Å². The van der Waals surface area contributed by atoms with Gasteiger partial charge in [-0.25, -0.2) is 4.98 Å². The number of thiazole rings is 1. The molecule has 1 saturated carbocycles. The normalized spacial score (nSPS) is 28.2. The summed E-state index contributed by atoms with van der Waals surface area (Å²) in [5.41, 5.74) is 3.92. The summed E-state index contributed by atoms with van der Waals surface area (Å²) < 4.78 is 5.71. The molecular formula is C22H27N3O2S. The number of carbonyl (C=O) groups excluding carboxylic acids is 1. The van der Waals surface area contributed by atoms with Crippen LogP contribution in [0.15, 0.2) is 35.8 Å². The summed E-state index contributed by atoms with van der Waals surface area (Å²) in [6.07, 6.45) is 3.23. The third kappa shape index (κ3) is 3.27. The molecule has 2 aromatic rings. The number of fused-ring (bicyclic) bond motifs is 1. The minimum Gasteiger partial charge on any atom is -0.378 e. The molecule has 3 heterocycles. The van der Waals surface area contributed by atoms with Gasteiger partial charge in [0.25, 0.3) is 0 Å². The van der Waals surface area contributed by atoms with Crippen molar-refractivity contribution in [1.82, 2.24) is 15.2 Å². The number of nitrogens with zero attached hydrogens (tertiary/aromatic N) is 2. The molecule has 0 spiro atoms. The molecule has 6 heteroatoms. The fourth-order valence-corrected chi connectivity index (χ4v) is 5.83. The van der Waals surface area contributed by atoms with E-state index in [0.717, 1.165) is 51.2 Å². The Morgan fingerprint density at radius 3 is 2.89 bits per heavy atom. The van der Waals surface area contributed by atoms with Gasteiger partial charge in [0.05, 0.1) is 22.7 Å². The SMILES string of the molecule is Cc1ncsc1CN1CC(Cc2ccccc2)(C(=O)N[C@@H]2C[C@H]3OCC[C@@H]23)C1. The van der Waals surface area contributed by atoms with Gasteiger partial charge >= 0.3 is 0 Å². The van der Waals surface area contributed by atoms with Crippen molar-refractivity contribution in [2.45, 2.75) is 44.9 Å². The monoisotopic (exact) mass is 397 g/mol. The van der Waals surface area contributed by atoms with Gasteiger partial charge in [0.15, 0.2) is 0 Å². The molecule has 3 fully saturated rings. The number of ether oxygens (including phenoxy) is 1. The molecule has 1 aliphatic carbocycles. The Bertz CT molecular complexity index is 846. The second-order valence-corrected chi connectivity index (χ2v) is 9.57. The van der Waals surface area contributed by atoms with Crippen LogP contribution in [0, 0.1) is 18.3 Å². The van der Waals surface area contributed by atoms with Crippen LogP contribution in [0.1, 0.15) is 29.0 Å². The molecule has 28 heavy (non-hydrogen) atoms. The van der Waals surface area contributed by atoms with Gasteiger partial charge in [-0.1, -0.05) is 30.3 Å². The molecule has 148 valence electrons. The number of hydrogen-bond acceptors (Lipinski definition) is 5. The summed E-state index contributed by atoms with van der Waals surface area (Å²) in [6, 6.07) is 10.7. The van der Waals surface area contributed by atoms with Crippen molar-refractivity contribution in [2.75, 3.05) is 19.7 Å². The molecule has 3 atom stereocenters. The maximum Gasteiger partial charge on any atom is 0.229 e. The first kappa shape index (κ1) is 18.3. The van der Waals surface area contributed by atoms with E-state index in [1.54, 1.807) is 11.3 Å². The van der Waals surface area contributed by atoms with Gasteiger partial charge in [-0.05, 0) is 31.7 Å². The number of aromatic nitrogens is 1. The van der Waals surface area contributed by atoms with Crippen LogP contribution in [0.5, 0.6) is 0 Å². The predicted octanol–water partition coefficient (Wildman–Crippen LogP) is 2.79. The summed E-state index contributed by atoms with van der Waals surface area (Å²) in [5.74, 6) is 0.748. The van der Waals surface area contributed by atoms with Gasteiger partial charge in [0, 0.05) is 43.1 Å². The van der Waals surface area contributed by atoms with E-state index in [-0.39, 0.29) is 11.3 Å². The molecular weight excluding hydrogens is 370 g/mol. The highest BCUT2D eigenvalue weighted by atomic mass is 32.1. The van der Waals surface area contributed by atoms with Crippen LogP contribution in [-0.2, 0) is 22.5 Å². The molecule has 2 aliphatic heterocycles. The smallest absolute Gasteiger partial charge is 0.229 e. The van der Waals surface area contributed by atoms with Crippen LogP contribution in [0.3, 0.4) is 0 Å². The molecule has 1 amide bonds. The third-order valence-corrected chi connectivity index (χ3v) is 7.63. The average Bonchev–Trinajstić information content (AvgIpc) is 3.23. The molecule has 0 radical (unpaired) electrons. The molecule has 5 nitrogen and oxygen atoms in total. The fourth-order valence-electron chi connectivity index (χ4n) is 5.01. The summed E-state index contributed by atoms with van der Waals surface area (Å²) in [7, 11) is 0. The Morgan fingerprint density at radius 2 is 2.18 bits per heavy atom. The lowest BCUT2D eigenvalue weighted by molar-refractivity contribution is -0.145. The van der Waals surface area contributed by atoms with Gasteiger partial charge in [-0.15, -0.1) is 11.3 Å². The first-order valence-corrected chi connectivity index (χ1v) is 11.1. The van der Waals surface area contributed by atoms with Crippen molar-refractivity contribution in [3.05, 3.63) is 52.0 Å². The summed E-state index contributed by atoms with van der Waals surface area (Å²) >= 11 is 1.71. The van der Waals surface area contributed by atoms with Crippen LogP contribution >= 0.6 is 11.3 Å². The van der Waals surface area contributed by atoms with Crippen LogP contribution in [-0.4, -0.2) is 47.6 Å². The highest BCUT2D eigenvalue weighted by molar-refractivity contribution is 7.09. The van der Waals surface area contributed by atoms with Gasteiger partial charge in [-0.3, -0.25) is 9.69 Å². The minimum atomic E-state index is -0.329. The van der Waals surface area contributed by atoms with Crippen molar-refractivity contribution < 1.29 is 9.53 Å². The lowest BCUT2D eigenvalue weighted by Gasteiger charge is -2.51. The van der Waals surface area contributed by atoms with Crippen LogP contribution in [0.25, 0.3) is 0 Å².